The van der Waals surface area contributed by atoms with Crippen LogP contribution in [0.3, 0.4) is 0 Å². The molecule has 2 amide bonds. The first-order valence-corrected chi connectivity index (χ1v) is 11.4. The third kappa shape index (κ3) is 6.14. The van der Waals surface area contributed by atoms with E-state index < -0.39 is 36.0 Å². The van der Waals surface area contributed by atoms with Crippen molar-refractivity contribution in [3.05, 3.63) is 59.7 Å². The molecule has 0 radical (unpaired) electrons. The first-order chi connectivity index (χ1) is 16.1. The topological polar surface area (TPSA) is 116 Å². The minimum atomic E-state index is -1.30. The summed E-state index contributed by atoms with van der Waals surface area (Å²) >= 11 is 0. The maximum atomic E-state index is 13.1. The van der Waals surface area contributed by atoms with Gasteiger partial charge in [0.2, 0.25) is 5.91 Å². The zero-order valence-corrected chi connectivity index (χ0v) is 19.8. The Kier molecular flexibility index (Phi) is 7.94. The van der Waals surface area contributed by atoms with Crippen LogP contribution in [0.15, 0.2) is 48.5 Å². The highest BCUT2D eigenvalue weighted by atomic mass is 16.5. The van der Waals surface area contributed by atoms with Crippen molar-refractivity contribution in [1.29, 1.82) is 0 Å². The second-order valence-electron chi connectivity index (χ2n) is 9.19. The molecule has 0 bridgehead atoms. The van der Waals surface area contributed by atoms with E-state index in [0.717, 1.165) is 22.3 Å². The van der Waals surface area contributed by atoms with Crippen LogP contribution < -0.4 is 5.32 Å². The smallest absolute Gasteiger partial charge is 0.407 e. The molecule has 3 N–H and O–H groups in total. The SMILES string of the molecule is CCCN(CC(C)(C)O)C(=O)C(CC(=O)O)NC(=O)OCC1c2ccccc2-c2ccccc21. The standard InChI is InChI=1S/C26H32N2O6/c1-4-13-28(16-26(2,3)33)24(31)22(14-23(29)30)27-25(32)34-15-21-19-11-7-5-9-17(19)18-10-6-8-12-20(18)21/h5-12,21-22,33H,4,13-16H2,1-3H3,(H,27,32)(H,29,30). The molecule has 0 aliphatic heterocycles. The van der Waals surface area contributed by atoms with Gasteiger partial charge in [-0.05, 0) is 42.5 Å². The summed E-state index contributed by atoms with van der Waals surface area (Å²) in [6.45, 7) is 5.39. The average molecular weight is 469 g/mol. The summed E-state index contributed by atoms with van der Waals surface area (Å²) < 4.78 is 5.48. The fraction of sp³-hybridized carbons (Fsp3) is 0.423. The van der Waals surface area contributed by atoms with E-state index in [1.165, 1.54) is 4.90 Å². The Labute approximate surface area is 199 Å². The van der Waals surface area contributed by atoms with E-state index in [2.05, 4.69) is 5.32 Å². The summed E-state index contributed by atoms with van der Waals surface area (Å²) in [5, 5.41) is 21.9. The van der Waals surface area contributed by atoms with Crippen LogP contribution >= 0.6 is 0 Å². The van der Waals surface area contributed by atoms with Crippen LogP contribution in [-0.2, 0) is 14.3 Å². The summed E-state index contributed by atoms with van der Waals surface area (Å²) in [4.78, 5) is 38.5. The molecule has 2 aromatic carbocycles. The van der Waals surface area contributed by atoms with Crippen molar-refractivity contribution in [2.24, 2.45) is 0 Å². The molecule has 0 heterocycles. The third-order valence-corrected chi connectivity index (χ3v) is 5.70. The summed E-state index contributed by atoms with van der Waals surface area (Å²) in [5.74, 6) is -1.95. The van der Waals surface area contributed by atoms with Gasteiger partial charge in [0.05, 0.1) is 12.0 Å². The number of ether oxygens (including phenoxy) is 1. The Morgan fingerprint density at radius 1 is 1.06 bits per heavy atom. The van der Waals surface area contributed by atoms with Gasteiger partial charge < -0.3 is 25.2 Å². The van der Waals surface area contributed by atoms with Gasteiger partial charge in [-0.2, -0.15) is 0 Å². The lowest BCUT2D eigenvalue weighted by atomic mass is 9.98. The Morgan fingerprint density at radius 2 is 1.62 bits per heavy atom. The largest absolute Gasteiger partial charge is 0.481 e. The first-order valence-electron chi connectivity index (χ1n) is 11.4. The highest BCUT2D eigenvalue weighted by molar-refractivity contribution is 5.89. The Morgan fingerprint density at radius 3 is 2.12 bits per heavy atom. The Balaban J connectivity index is 1.71. The van der Waals surface area contributed by atoms with E-state index in [9.17, 15) is 24.6 Å². The third-order valence-electron chi connectivity index (χ3n) is 5.70. The minimum absolute atomic E-state index is 0.0160. The quantitative estimate of drug-likeness (QED) is 0.492. The maximum absolute atomic E-state index is 13.1. The second kappa shape index (κ2) is 10.7. The number of nitrogens with zero attached hydrogens (tertiary/aromatic N) is 1. The minimum Gasteiger partial charge on any atom is -0.481 e. The molecule has 1 aliphatic rings. The van der Waals surface area contributed by atoms with E-state index in [4.69, 9.17) is 4.74 Å². The zero-order chi connectivity index (χ0) is 24.9. The van der Waals surface area contributed by atoms with Gasteiger partial charge in [0.15, 0.2) is 0 Å². The van der Waals surface area contributed by atoms with E-state index in [1.807, 2.05) is 55.5 Å². The molecule has 1 atom stereocenters. The number of alkyl carbamates (subject to hydrolysis) is 1. The lowest BCUT2D eigenvalue weighted by molar-refractivity contribution is -0.143. The molecule has 0 spiro atoms. The van der Waals surface area contributed by atoms with Crippen molar-refractivity contribution in [3.8, 4) is 11.1 Å². The van der Waals surface area contributed by atoms with Gasteiger partial charge in [0.25, 0.3) is 0 Å². The summed E-state index contributed by atoms with van der Waals surface area (Å²) in [5.41, 5.74) is 3.12. The van der Waals surface area contributed by atoms with Crippen LogP contribution in [0.1, 0.15) is 50.7 Å². The molecule has 0 aromatic heterocycles. The highest BCUT2D eigenvalue weighted by Crippen LogP contribution is 2.44. The number of nitrogens with one attached hydrogen (secondary N) is 1. The molecule has 0 fully saturated rings. The van der Waals surface area contributed by atoms with E-state index in [0.29, 0.717) is 13.0 Å². The number of carbonyl (C=O) groups excluding carboxylic acids is 2. The molecular weight excluding hydrogens is 436 g/mol. The van der Waals surface area contributed by atoms with Crippen molar-refractivity contribution in [2.45, 2.75) is 51.2 Å². The molecular formula is C26H32N2O6. The van der Waals surface area contributed by atoms with Gasteiger partial charge in [-0.1, -0.05) is 55.5 Å². The fourth-order valence-electron chi connectivity index (χ4n) is 4.38. The number of aliphatic hydroxyl groups is 1. The van der Waals surface area contributed by atoms with Crippen LogP contribution in [0.2, 0.25) is 0 Å². The van der Waals surface area contributed by atoms with Crippen LogP contribution in [0.5, 0.6) is 0 Å². The molecule has 0 saturated carbocycles. The van der Waals surface area contributed by atoms with Crippen LogP contribution in [0.4, 0.5) is 4.79 Å². The first kappa shape index (κ1) is 25.2. The van der Waals surface area contributed by atoms with Gasteiger partial charge >= 0.3 is 12.1 Å². The van der Waals surface area contributed by atoms with Crippen molar-refractivity contribution >= 4 is 18.0 Å². The zero-order valence-electron chi connectivity index (χ0n) is 19.8. The predicted octanol–water partition coefficient (Wildman–Crippen LogP) is 3.38. The molecule has 0 saturated heterocycles. The predicted molar refractivity (Wildman–Crippen MR) is 127 cm³/mol. The van der Waals surface area contributed by atoms with Gasteiger partial charge in [-0.3, -0.25) is 9.59 Å². The molecule has 1 unspecified atom stereocenters. The summed E-state index contributed by atoms with van der Waals surface area (Å²) in [6.07, 6.45) is -0.831. The maximum Gasteiger partial charge on any atom is 0.407 e. The van der Waals surface area contributed by atoms with Gasteiger partial charge in [-0.15, -0.1) is 0 Å². The number of hydrogen-bond acceptors (Lipinski definition) is 5. The van der Waals surface area contributed by atoms with Crippen molar-refractivity contribution < 1.29 is 29.3 Å². The normalized spacial score (nSPS) is 13.5. The van der Waals surface area contributed by atoms with Crippen molar-refractivity contribution in [3.63, 3.8) is 0 Å². The van der Waals surface area contributed by atoms with Gasteiger partial charge in [-0.25, -0.2) is 4.79 Å². The number of benzene rings is 2. The number of rotatable bonds is 10. The van der Waals surface area contributed by atoms with Crippen molar-refractivity contribution in [2.75, 3.05) is 19.7 Å². The molecule has 182 valence electrons. The molecule has 3 rings (SSSR count). The number of fused-ring (bicyclic) bond motifs is 3. The van der Waals surface area contributed by atoms with Crippen LogP contribution in [-0.4, -0.2) is 64.4 Å². The van der Waals surface area contributed by atoms with Crippen LogP contribution in [0, 0.1) is 0 Å². The monoisotopic (exact) mass is 468 g/mol. The number of hydrogen-bond donors (Lipinski definition) is 3. The number of amides is 2. The molecule has 34 heavy (non-hydrogen) atoms. The van der Waals surface area contributed by atoms with E-state index in [1.54, 1.807) is 13.8 Å². The second-order valence-corrected chi connectivity index (χ2v) is 9.19. The van der Waals surface area contributed by atoms with Gasteiger partial charge in [0, 0.05) is 19.0 Å². The molecule has 8 nitrogen and oxygen atoms in total. The van der Waals surface area contributed by atoms with E-state index >= 15 is 0 Å². The number of carboxylic acids is 1. The lowest BCUT2D eigenvalue weighted by Gasteiger charge is -2.31. The average Bonchev–Trinajstić information content (AvgIpc) is 3.09. The fourth-order valence-corrected chi connectivity index (χ4v) is 4.38. The van der Waals surface area contributed by atoms with Crippen molar-refractivity contribution in [1.82, 2.24) is 10.2 Å². The number of carbonyl (C=O) groups is 3. The summed E-state index contributed by atoms with van der Waals surface area (Å²) in [7, 11) is 0. The van der Waals surface area contributed by atoms with Gasteiger partial charge in [0.1, 0.15) is 12.6 Å². The molecule has 2 aromatic rings. The Hall–Kier alpha value is -3.39. The number of aliphatic carboxylic acids is 1. The van der Waals surface area contributed by atoms with E-state index in [-0.39, 0.29) is 19.1 Å². The summed E-state index contributed by atoms with van der Waals surface area (Å²) in [6, 6.07) is 14.5. The van der Waals surface area contributed by atoms with Crippen LogP contribution in [0.25, 0.3) is 11.1 Å². The highest BCUT2D eigenvalue weighted by Gasteiger charge is 2.32. The Bertz CT molecular complexity index is 1000. The number of carboxylic acid groups (broad SMARTS) is 1. The lowest BCUT2D eigenvalue weighted by Crippen LogP contribution is -2.53. The molecule has 8 heteroatoms. The molecule has 1 aliphatic carbocycles.